The number of fused-ring (bicyclic) bond motifs is 1. The maximum absolute atomic E-state index is 12.9. The van der Waals surface area contributed by atoms with Gasteiger partial charge in [0.05, 0.1) is 17.9 Å². The van der Waals surface area contributed by atoms with Crippen molar-refractivity contribution in [2.45, 2.75) is 45.9 Å². The second-order valence-corrected chi connectivity index (χ2v) is 7.28. The van der Waals surface area contributed by atoms with Crippen LogP contribution in [0, 0.1) is 0 Å². The highest BCUT2D eigenvalue weighted by Gasteiger charge is 2.28. The molecule has 2 aromatic heterocycles. The Morgan fingerprint density at radius 3 is 2.72 bits per heavy atom. The Balaban J connectivity index is 1.76. The topological polar surface area (TPSA) is 74.5 Å². The highest BCUT2D eigenvalue weighted by molar-refractivity contribution is 5.97. The Morgan fingerprint density at radius 2 is 2.08 bits per heavy atom. The second-order valence-electron chi connectivity index (χ2n) is 7.28. The first-order valence-electron chi connectivity index (χ1n) is 8.91. The van der Waals surface area contributed by atoms with E-state index in [0.29, 0.717) is 18.7 Å². The third kappa shape index (κ3) is 3.67. The van der Waals surface area contributed by atoms with E-state index in [2.05, 4.69) is 35.8 Å². The molecule has 0 spiro atoms. The van der Waals surface area contributed by atoms with Crippen LogP contribution >= 0.6 is 0 Å². The highest BCUT2D eigenvalue weighted by Crippen LogP contribution is 2.19. The Hall–Kier alpha value is -1.99. The zero-order valence-electron chi connectivity index (χ0n) is 15.4. The van der Waals surface area contributed by atoms with Crippen LogP contribution in [0.4, 0.5) is 0 Å². The molecule has 25 heavy (non-hydrogen) atoms. The maximum Gasteiger partial charge on any atom is 0.255 e. The number of rotatable bonds is 4. The van der Waals surface area contributed by atoms with Gasteiger partial charge in [-0.15, -0.1) is 0 Å². The second kappa shape index (κ2) is 7.09. The number of hydrogen-bond acceptors (Lipinski definition) is 5. The molecule has 2 aromatic rings. The number of nitrogens with zero attached hydrogens (tertiary/aromatic N) is 5. The fourth-order valence-corrected chi connectivity index (χ4v) is 3.48. The van der Waals surface area contributed by atoms with Crippen molar-refractivity contribution in [2.24, 2.45) is 0 Å². The van der Waals surface area contributed by atoms with Crippen molar-refractivity contribution in [1.82, 2.24) is 24.6 Å². The van der Waals surface area contributed by atoms with Gasteiger partial charge in [0.25, 0.3) is 5.91 Å². The first-order valence-corrected chi connectivity index (χ1v) is 8.91. The fraction of sp³-hybridized carbons (Fsp3) is 0.611. The number of β-amino-alcohol motifs (C(OH)–C–C–N with tert-alkyl or cyclic N) is 1. The zero-order valence-corrected chi connectivity index (χ0v) is 15.4. The Morgan fingerprint density at radius 1 is 1.32 bits per heavy atom. The monoisotopic (exact) mass is 345 g/mol. The molecule has 2 unspecified atom stereocenters. The number of hydrogen-bond donors (Lipinski definition) is 1. The van der Waals surface area contributed by atoms with E-state index in [-0.39, 0.29) is 24.1 Å². The predicted octanol–water partition coefficient (Wildman–Crippen LogP) is 1.54. The molecule has 136 valence electrons. The van der Waals surface area contributed by atoms with Crippen molar-refractivity contribution in [3.05, 3.63) is 24.0 Å². The number of aliphatic hydroxyl groups is 1. The van der Waals surface area contributed by atoms with E-state index in [0.717, 1.165) is 24.1 Å². The summed E-state index contributed by atoms with van der Waals surface area (Å²) >= 11 is 0. The maximum atomic E-state index is 12.9. The number of carbonyl (C=O) groups excluding carboxylic acids is 1. The van der Waals surface area contributed by atoms with Crippen LogP contribution in [0.3, 0.4) is 0 Å². The zero-order chi connectivity index (χ0) is 18.1. The third-order valence-electron chi connectivity index (χ3n) is 4.66. The largest absolute Gasteiger partial charge is 0.392 e. The molecule has 0 bridgehead atoms. The molecule has 2 atom stereocenters. The molecule has 0 aromatic carbocycles. The Kier molecular flexibility index (Phi) is 5.06. The lowest BCUT2D eigenvalue weighted by Crippen LogP contribution is -2.55. The van der Waals surface area contributed by atoms with Crippen molar-refractivity contribution in [2.75, 3.05) is 26.2 Å². The third-order valence-corrected chi connectivity index (χ3v) is 4.66. The molecule has 1 saturated heterocycles. The molecule has 0 aliphatic carbocycles. The summed E-state index contributed by atoms with van der Waals surface area (Å²) < 4.78 is 1.86. The molecule has 1 N–H and O–H groups in total. The number of aromatic nitrogens is 3. The van der Waals surface area contributed by atoms with E-state index >= 15 is 0 Å². The van der Waals surface area contributed by atoms with Gasteiger partial charge in [0.15, 0.2) is 5.65 Å². The van der Waals surface area contributed by atoms with Crippen molar-refractivity contribution in [3.8, 4) is 0 Å². The first kappa shape index (κ1) is 17.8. The van der Waals surface area contributed by atoms with E-state index in [1.165, 1.54) is 0 Å². The summed E-state index contributed by atoms with van der Waals surface area (Å²) in [6.07, 6.45) is 3.07. The summed E-state index contributed by atoms with van der Waals surface area (Å²) in [6.45, 7) is 10.8. The molecular formula is C18H27N5O2. The normalized spacial score (nSPS) is 20.4. The summed E-state index contributed by atoms with van der Waals surface area (Å²) in [6, 6.07) is 2.22. The van der Waals surface area contributed by atoms with Crippen LogP contribution in [0.1, 0.15) is 44.1 Å². The van der Waals surface area contributed by atoms with Crippen molar-refractivity contribution < 1.29 is 9.90 Å². The number of amides is 1. The SMILES string of the molecule is CC(O)CN1CCN(C(=O)c2cnc3c(cnn3C(C)C)c2)C(C)C1. The standard InChI is InChI=1S/C18H27N5O2/c1-12(2)23-17-15(9-20-23)7-16(8-19-17)18(25)22-6-5-21(10-13(22)3)11-14(4)24/h7-9,12-14,24H,5-6,10-11H2,1-4H3. The predicted molar refractivity (Wildman–Crippen MR) is 96.5 cm³/mol. The molecule has 0 radical (unpaired) electrons. The summed E-state index contributed by atoms with van der Waals surface area (Å²) in [4.78, 5) is 21.5. The number of pyridine rings is 1. The summed E-state index contributed by atoms with van der Waals surface area (Å²) in [5.41, 5.74) is 1.41. The van der Waals surface area contributed by atoms with Gasteiger partial charge in [-0.3, -0.25) is 9.69 Å². The van der Waals surface area contributed by atoms with Gasteiger partial charge in [0.2, 0.25) is 0 Å². The highest BCUT2D eigenvalue weighted by atomic mass is 16.3. The molecule has 7 heteroatoms. The van der Waals surface area contributed by atoms with Crippen LogP contribution in [0.25, 0.3) is 11.0 Å². The fourth-order valence-electron chi connectivity index (χ4n) is 3.48. The van der Waals surface area contributed by atoms with Crippen LogP contribution in [-0.2, 0) is 0 Å². The average molecular weight is 345 g/mol. The van der Waals surface area contributed by atoms with E-state index in [1.54, 1.807) is 19.3 Å². The average Bonchev–Trinajstić information content (AvgIpc) is 2.97. The van der Waals surface area contributed by atoms with Crippen LogP contribution in [-0.4, -0.2) is 73.9 Å². The van der Waals surface area contributed by atoms with Crippen molar-refractivity contribution >= 4 is 16.9 Å². The molecule has 1 amide bonds. The van der Waals surface area contributed by atoms with Crippen LogP contribution < -0.4 is 0 Å². The summed E-state index contributed by atoms with van der Waals surface area (Å²) in [5, 5.41) is 14.8. The van der Waals surface area contributed by atoms with Gasteiger partial charge in [-0.05, 0) is 33.8 Å². The molecule has 1 aliphatic rings. The lowest BCUT2D eigenvalue weighted by atomic mass is 10.1. The van der Waals surface area contributed by atoms with Gasteiger partial charge >= 0.3 is 0 Å². The van der Waals surface area contributed by atoms with Crippen LogP contribution in [0.5, 0.6) is 0 Å². The minimum atomic E-state index is -0.349. The lowest BCUT2D eigenvalue weighted by Gasteiger charge is -2.40. The van der Waals surface area contributed by atoms with Gasteiger partial charge < -0.3 is 10.0 Å². The van der Waals surface area contributed by atoms with Crippen LogP contribution in [0.2, 0.25) is 0 Å². The molecule has 0 saturated carbocycles. The summed E-state index contributed by atoms with van der Waals surface area (Å²) in [5.74, 6) is 0.0101. The molecular weight excluding hydrogens is 318 g/mol. The Labute approximate surface area is 148 Å². The van der Waals surface area contributed by atoms with E-state index in [9.17, 15) is 9.90 Å². The summed E-state index contributed by atoms with van der Waals surface area (Å²) in [7, 11) is 0. The molecule has 3 heterocycles. The van der Waals surface area contributed by atoms with E-state index in [1.807, 2.05) is 15.6 Å². The van der Waals surface area contributed by atoms with Gasteiger partial charge in [-0.2, -0.15) is 5.10 Å². The van der Waals surface area contributed by atoms with Gasteiger partial charge in [0, 0.05) is 49.8 Å². The number of piperazine rings is 1. The lowest BCUT2D eigenvalue weighted by molar-refractivity contribution is 0.0383. The Bertz CT molecular complexity index is 755. The minimum Gasteiger partial charge on any atom is -0.392 e. The van der Waals surface area contributed by atoms with Gasteiger partial charge in [-0.25, -0.2) is 9.67 Å². The van der Waals surface area contributed by atoms with Crippen LogP contribution in [0.15, 0.2) is 18.5 Å². The smallest absolute Gasteiger partial charge is 0.255 e. The van der Waals surface area contributed by atoms with E-state index in [4.69, 9.17) is 0 Å². The quantitative estimate of drug-likeness (QED) is 0.910. The molecule has 3 rings (SSSR count). The van der Waals surface area contributed by atoms with Gasteiger partial charge in [0.1, 0.15) is 0 Å². The van der Waals surface area contributed by atoms with Crippen molar-refractivity contribution in [1.29, 1.82) is 0 Å². The molecule has 1 aliphatic heterocycles. The number of aliphatic hydroxyl groups excluding tert-OH is 1. The molecule has 1 fully saturated rings. The van der Waals surface area contributed by atoms with Crippen molar-refractivity contribution in [3.63, 3.8) is 0 Å². The first-order chi connectivity index (χ1) is 11.9. The van der Waals surface area contributed by atoms with Gasteiger partial charge in [-0.1, -0.05) is 0 Å². The van der Waals surface area contributed by atoms with E-state index < -0.39 is 0 Å². The minimum absolute atomic E-state index is 0.0101. The molecule has 7 nitrogen and oxygen atoms in total. The number of carbonyl (C=O) groups is 1.